The fourth-order valence-electron chi connectivity index (χ4n) is 5.79. The summed E-state index contributed by atoms with van der Waals surface area (Å²) in [6, 6.07) is -0.702. The molecule has 33 heavy (non-hydrogen) atoms. The maximum absolute atomic E-state index is 14.1. The van der Waals surface area contributed by atoms with E-state index in [-0.39, 0.29) is 31.5 Å². The zero-order chi connectivity index (χ0) is 24.2. The molecule has 1 unspecified atom stereocenters. The molecular weight excluding hydrogens is 456 g/mol. The van der Waals surface area contributed by atoms with E-state index in [4.69, 9.17) is 0 Å². The van der Waals surface area contributed by atoms with Crippen molar-refractivity contribution in [1.29, 1.82) is 0 Å². The molecule has 1 aliphatic carbocycles. The minimum absolute atomic E-state index is 0.186. The lowest BCUT2D eigenvalue weighted by atomic mass is 9.62. The summed E-state index contributed by atoms with van der Waals surface area (Å²) in [7, 11) is 0. The number of nitrogens with zero attached hydrogens (tertiary/aromatic N) is 2. The molecule has 0 aromatic rings. The molecule has 3 aliphatic heterocycles. The van der Waals surface area contributed by atoms with Crippen LogP contribution < -0.4 is 5.32 Å². The predicted molar refractivity (Wildman–Crippen MR) is 104 cm³/mol. The first-order valence-corrected chi connectivity index (χ1v) is 11.4. The van der Waals surface area contributed by atoms with Gasteiger partial charge in [0.1, 0.15) is 5.41 Å². The second kappa shape index (κ2) is 8.28. The van der Waals surface area contributed by atoms with E-state index in [1.165, 1.54) is 4.90 Å². The number of carbonyl (C=O) groups excluding carboxylic acids is 2. The number of halogens is 6. The Morgan fingerprint density at radius 1 is 0.939 bits per heavy atom. The monoisotopic (exact) mass is 485 g/mol. The van der Waals surface area contributed by atoms with Crippen LogP contribution in [0.5, 0.6) is 0 Å². The maximum atomic E-state index is 14.1. The van der Waals surface area contributed by atoms with Gasteiger partial charge in [-0.2, -0.15) is 26.3 Å². The zero-order valence-corrected chi connectivity index (χ0v) is 18.1. The van der Waals surface area contributed by atoms with Crippen LogP contribution in [0.4, 0.5) is 26.3 Å². The SMILES string of the molecule is O=C([C@@H]1C[C@@H](O)C2(CCC2)CN1)N1CCC(C(=O)N2CCC(C(F)(F)F)C2)(C(F)(F)F)CC1. The number of nitrogens with one attached hydrogen (secondary N) is 1. The number of alkyl halides is 6. The number of hydrogen-bond acceptors (Lipinski definition) is 4. The Morgan fingerprint density at radius 3 is 2.03 bits per heavy atom. The van der Waals surface area contributed by atoms with Gasteiger partial charge in [-0.3, -0.25) is 9.59 Å². The quantitative estimate of drug-likeness (QED) is 0.590. The summed E-state index contributed by atoms with van der Waals surface area (Å²) < 4.78 is 81.1. The van der Waals surface area contributed by atoms with Gasteiger partial charge < -0.3 is 20.2 Å². The third-order valence-electron chi connectivity index (χ3n) is 8.33. The normalized spacial score (nSPS) is 32.0. The molecule has 0 aromatic carbocycles. The molecule has 0 radical (unpaired) electrons. The third kappa shape index (κ3) is 4.21. The van der Waals surface area contributed by atoms with Crippen molar-refractivity contribution in [2.45, 2.75) is 69.4 Å². The lowest BCUT2D eigenvalue weighted by Crippen LogP contribution is -2.63. The van der Waals surface area contributed by atoms with Crippen molar-refractivity contribution in [2.75, 3.05) is 32.7 Å². The highest BCUT2D eigenvalue weighted by molar-refractivity contribution is 5.86. The highest BCUT2D eigenvalue weighted by Crippen LogP contribution is 2.50. The Kier molecular flexibility index (Phi) is 6.16. The first-order valence-electron chi connectivity index (χ1n) is 11.4. The Morgan fingerprint density at radius 2 is 1.58 bits per heavy atom. The Hall–Kier alpha value is -1.56. The van der Waals surface area contributed by atoms with Crippen molar-refractivity contribution in [3.05, 3.63) is 0 Å². The first kappa shape index (κ1) is 24.6. The first-order chi connectivity index (χ1) is 15.3. The number of aliphatic hydroxyl groups is 1. The van der Waals surface area contributed by atoms with Gasteiger partial charge in [-0.05, 0) is 38.5 Å². The number of rotatable bonds is 2. The molecule has 0 aromatic heterocycles. The molecule has 6 nitrogen and oxygen atoms in total. The Labute approximate surface area is 187 Å². The van der Waals surface area contributed by atoms with Gasteiger partial charge >= 0.3 is 12.4 Å². The zero-order valence-electron chi connectivity index (χ0n) is 18.1. The van der Waals surface area contributed by atoms with E-state index in [0.717, 1.165) is 19.3 Å². The maximum Gasteiger partial charge on any atom is 0.403 e. The number of amides is 2. The average molecular weight is 485 g/mol. The topological polar surface area (TPSA) is 72.9 Å². The molecule has 1 spiro atoms. The van der Waals surface area contributed by atoms with Crippen molar-refractivity contribution >= 4 is 11.8 Å². The van der Waals surface area contributed by atoms with Crippen LogP contribution in [0.3, 0.4) is 0 Å². The van der Waals surface area contributed by atoms with Gasteiger partial charge in [-0.25, -0.2) is 0 Å². The number of hydrogen-bond donors (Lipinski definition) is 2. The van der Waals surface area contributed by atoms with Crippen LogP contribution in [0.15, 0.2) is 0 Å². The lowest BCUT2D eigenvalue weighted by molar-refractivity contribution is -0.238. The van der Waals surface area contributed by atoms with Crippen LogP contribution in [0.2, 0.25) is 0 Å². The smallest absolute Gasteiger partial charge is 0.392 e. The summed E-state index contributed by atoms with van der Waals surface area (Å²) >= 11 is 0. The van der Waals surface area contributed by atoms with Crippen LogP contribution >= 0.6 is 0 Å². The van der Waals surface area contributed by atoms with E-state index in [9.17, 15) is 41.0 Å². The summed E-state index contributed by atoms with van der Waals surface area (Å²) in [5, 5.41) is 13.6. The largest absolute Gasteiger partial charge is 0.403 e. The Bertz CT molecular complexity index is 774. The second-order valence-corrected chi connectivity index (χ2v) is 10.1. The lowest BCUT2D eigenvalue weighted by Gasteiger charge is -2.51. The third-order valence-corrected chi connectivity index (χ3v) is 8.33. The fourth-order valence-corrected chi connectivity index (χ4v) is 5.79. The number of piperidine rings is 2. The van der Waals surface area contributed by atoms with Crippen LogP contribution in [0.1, 0.15) is 44.9 Å². The molecule has 4 fully saturated rings. The van der Waals surface area contributed by atoms with E-state index in [1.807, 2.05) is 0 Å². The molecule has 2 amide bonds. The highest BCUT2D eigenvalue weighted by Gasteiger charge is 2.63. The minimum atomic E-state index is -4.94. The van der Waals surface area contributed by atoms with Crippen molar-refractivity contribution in [2.24, 2.45) is 16.7 Å². The van der Waals surface area contributed by atoms with Gasteiger partial charge in [-0.15, -0.1) is 0 Å². The average Bonchev–Trinajstić information content (AvgIpc) is 3.21. The van der Waals surface area contributed by atoms with Crippen molar-refractivity contribution in [1.82, 2.24) is 15.1 Å². The van der Waals surface area contributed by atoms with Crippen molar-refractivity contribution in [3.8, 4) is 0 Å². The molecule has 0 bridgehead atoms. The summed E-state index contributed by atoms with van der Waals surface area (Å²) in [5.41, 5.74) is -3.01. The molecule has 2 N–H and O–H groups in total. The van der Waals surface area contributed by atoms with E-state index >= 15 is 0 Å². The van der Waals surface area contributed by atoms with Crippen LogP contribution in [0.25, 0.3) is 0 Å². The summed E-state index contributed by atoms with van der Waals surface area (Å²) in [6.07, 6.45) is -9.01. The van der Waals surface area contributed by atoms with Gasteiger partial charge in [0, 0.05) is 38.1 Å². The van der Waals surface area contributed by atoms with E-state index < -0.39 is 73.5 Å². The minimum Gasteiger partial charge on any atom is -0.392 e. The fraction of sp³-hybridized carbons (Fsp3) is 0.905. The molecule has 3 atom stereocenters. The molecule has 1 saturated carbocycles. The van der Waals surface area contributed by atoms with Crippen LogP contribution in [0, 0.1) is 16.7 Å². The molecule has 12 heteroatoms. The van der Waals surface area contributed by atoms with Gasteiger partial charge in [0.25, 0.3) is 0 Å². The summed E-state index contributed by atoms with van der Waals surface area (Å²) in [4.78, 5) is 27.7. The van der Waals surface area contributed by atoms with Crippen molar-refractivity contribution in [3.63, 3.8) is 0 Å². The molecule has 4 rings (SSSR count). The van der Waals surface area contributed by atoms with Crippen LogP contribution in [-0.2, 0) is 9.59 Å². The molecule has 4 aliphatic rings. The summed E-state index contributed by atoms with van der Waals surface area (Å²) in [6.45, 7) is -1.30. The standard InChI is InChI=1S/C21H29F6N3O3/c22-20(23,24)13-2-7-30(11-13)17(33)19(21(25,26)27)5-8-29(9-6-19)16(32)14-10-15(31)18(12-28-14)3-1-4-18/h13-15,28,31H,1-12H2/t13?,14-,15+/m0/s1. The molecular formula is C21H29F6N3O3. The number of carbonyl (C=O) groups is 2. The summed E-state index contributed by atoms with van der Waals surface area (Å²) in [5.74, 6) is -3.56. The van der Waals surface area contributed by atoms with Crippen molar-refractivity contribution < 1.29 is 41.0 Å². The van der Waals surface area contributed by atoms with Gasteiger partial charge in [-0.1, -0.05) is 6.42 Å². The Balaban J connectivity index is 1.40. The molecule has 3 saturated heterocycles. The molecule has 188 valence electrons. The van der Waals surface area contributed by atoms with E-state index in [2.05, 4.69) is 5.32 Å². The number of aliphatic hydroxyl groups excluding tert-OH is 1. The van der Waals surface area contributed by atoms with Gasteiger partial charge in [0.2, 0.25) is 11.8 Å². The predicted octanol–water partition coefficient (Wildman–Crippen LogP) is 2.46. The highest BCUT2D eigenvalue weighted by atomic mass is 19.4. The van der Waals surface area contributed by atoms with E-state index in [0.29, 0.717) is 11.4 Å². The van der Waals surface area contributed by atoms with Gasteiger partial charge in [0.15, 0.2) is 0 Å². The van der Waals surface area contributed by atoms with E-state index in [1.54, 1.807) is 0 Å². The van der Waals surface area contributed by atoms with Crippen LogP contribution in [-0.4, -0.2) is 83.9 Å². The molecule has 3 heterocycles. The number of likely N-dealkylation sites (tertiary alicyclic amines) is 2. The second-order valence-electron chi connectivity index (χ2n) is 10.1. The van der Waals surface area contributed by atoms with Gasteiger partial charge in [0.05, 0.1) is 18.1 Å².